The fraction of sp³-hybridized carbons (Fsp3) is 0.200. The number of furan rings is 1. The number of hydrogen-bond acceptors (Lipinski definition) is 9. The average molecular weight is 620 g/mol. The molecule has 0 amide bonds. The summed E-state index contributed by atoms with van der Waals surface area (Å²) >= 11 is 3.53. The zero-order valence-electron chi connectivity index (χ0n) is 22.7. The third-order valence-electron chi connectivity index (χ3n) is 6.23. The van der Waals surface area contributed by atoms with Crippen molar-refractivity contribution in [3.63, 3.8) is 0 Å². The van der Waals surface area contributed by atoms with Crippen molar-refractivity contribution in [1.29, 1.82) is 0 Å². The van der Waals surface area contributed by atoms with Crippen molar-refractivity contribution >= 4 is 50.0 Å². The van der Waals surface area contributed by atoms with Crippen LogP contribution in [0.5, 0.6) is 17.2 Å². The van der Waals surface area contributed by atoms with Gasteiger partial charge in [0.1, 0.15) is 11.3 Å². The van der Waals surface area contributed by atoms with Crippen LogP contribution >= 0.6 is 15.9 Å². The maximum absolute atomic E-state index is 13.6. The van der Waals surface area contributed by atoms with Crippen LogP contribution in [0.25, 0.3) is 33.5 Å². The monoisotopic (exact) mass is 619 g/mol. The van der Waals surface area contributed by atoms with E-state index in [0.717, 1.165) is 5.39 Å². The second kappa shape index (κ2) is 11.8. The predicted molar refractivity (Wildman–Crippen MR) is 158 cm³/mol. The Balaban J connectivity index is 1.63. The summed E-state index contributed by atoms with van der Waals surface area (Å²) in [4.78, 5) is 30.3. The number of aromatic nitrogens is 2. The lowest BCUT2D eigenvalue weighted by Gasteiger charge is -2.17. The first-order chi connectivity index (χ1) is 19.8. The molecule has 210 valence electrons. The molecular formula is C30H26BrN3O7. The van der Waals surface area contributed by atoms with Gasteiger partial charge in [-0.3, -0.25) is 4.79 Å². The van der Waals surface area contributed by atoms with Crippen LogP contribution in [0.15, 0.2) is 79.4 Å². The van der Waals surface area contributed by atoms with Crippen molar-refractivity contribution in [3.05, 3.63) is 81.1 Å². The fourth-order valence-electron chi connectivity index (χ4n) is 4.25. The molecule has 0 bridgehead atoms. The van der Waals surface area contributed by atoms with Gasteiger partial charge in [-0.2, -0.15) is 9.78 Å². The maximum atomic E-state index is 13.6. The Morgan fingerprint density at radius 1 is 1.07 bits per heavy atom. The first kappa shape index (κ1) is 27.9. The molecule has 0 fully saturated rings. The predicted octanol–water partition coefficient (Wildman–Crippen LogP) is 5.80. The lowest BCUT2D eigenvalue weighted by molar-refractivity contribution is -0.147. The molecule has 2 aromatic heterocycles. The second-order valence-corrected chi connectivity index (χ2v) is 9.69. The van der Waals surface area contributed by atoms with Crippen LogP contribution in [0.2, 0.25) is 0 Å². The van der Waals surface area contributed by atoms with E-state index in [0.29, 0.717) is 56.1 Å². The zero-order valence-corrected chi connectivity index (χ0v) is 24.3. The number of methoxy groups -OCH3 is 2. The van der Waals surface area contributed by atoms with E-state index in [9.17, 15) is 9.59 Å². The minimum Gasteiger partial charge on any atom is -0.496 e. The Bertz CT molecular complexity index is 1840. The molecule has 1 atom stereocenters. The molecule has 41 heavy (non-hydrogen) atoms. The molecule has 0 aliphatic heterocycles. The van der Waals surface area contributed by atoms with Gasteiger partial charge in [0.25, 0.3) is 5.56 Å². The molecule has 0 saturated heterocycles. The summed E-state index contributed by atoms with van der Waals surface area (Å²) in [6.45, 7) is 3.77. The summed E-state index contributed by atoms with van der Waals surface area (Å²) in [5.41, 5.74) is 1.30. The third kappa shape index (κ3) is 5.53. The molecule has 0 spiro atoms. The molecule has 0 radical (unpaired) electrons. The van der Waals surface area contributed by atoms with Crippen LogP contribution in [0.3, 0.4) is 0 Å². The van der Waals surface area contributed by atoms with Crippen molar-refractivity contribution in [3.8, 4) is 28.8 Å². The highest BCUT2D eigenvalue weighted by Gasteiger charge is 2.20. The van der Waals surface area contributed by atoms with E-state index in [4.69, 9.17) is 28.3 Å². The number of nitrogens with zero attached hydrogens (tertiary/aromatic N) is 3. The summed E-state index contributed by atoms with van der Waals surface area (Å²) in [5, 5.41) is 5.67. The largest absolute Gasteiger partial charge is 0.496 e. The normalized spacial score (nSPS) is 12.1. The highest BCUT2D eigenvalue weighted by Crippen LogP contribution is 2.35. The van der Waals surface area contributed by atoms with E-state index in [1.54, 1.807) is 50.4 Å². The summed E-state index contributed by atoms with van der Waals surface area (Å²) < 4.78 is 29.6. The number of fused-ring (bicyclic) bond motifs is 2. The number of rotatable bonds is 9. The molecule has 0 unspecified atom stereocenters. The van der Waals surface area contributed by atoms with Crippen molar-refractivity contribution in [1.82, 2.24) is 9.66 Å². The van der Waals surface area contributed by atoms with E-state index < -0.39 is 12.1 Å². The van der Waals surface area contributed by atoms with Crippen molar-refractivity contribution in [2.75, 3.05) is 20.8 Å². The van der Waals surface area contributed by atoms with Gasteiger partial charge in [-0.1, -0.05) is 18.2 Å². The van der Waals surface area contributed by atoms with Gasteiger partial charge < -0.3 is 23.4 Å². The van der Waals surface area contributed by atoms with Gasteiger partial charge in [0, 0.05) is 10.0 Å². The molecule has 2 heterocycles. The topological polar surface area (TPSA) is 114 Å². The Morgan fingerprint density at radius 2 is 1.88 bits per heavy atom. The first-order valence-electron chi connectivity index (χ1n) is 12.7. The van der Waals surface area contributed by atoms with Gasteiger partial charge in [-0.15, -0.1) is 0 Å². The summed E-state index contributed by atoms with van der Waals surface area (Å²) in [6.07, 6.45) is 0.655. The van der Waals surface area contributed by atoms with Gasteiger partial charge in [-0.25, -0.2) is 9.78 Å². The van der Waals surface area contributed by atoms with Crippen LogP contribution in [-0.2, 0) is 9.53 Å². The van der Waals surface area contributed by atoms with Gasteiger partial charge in [0.15, 0.2) is 23.4 Å². The van der Waals surface area contributed by atoms with Crippen LogP contribution in [0.1, 0.15) is 19.4 Å². The fourth-order valence-corrected chi connectivity index (χ4v) is 4.67. The highest BCUT2D eigenvalue weighted by molar-refractivity contribution is 9.10. The molecule has 11 heteroatoms. The van der Waals surface area contributed by atoms with Crippen molar-refractivity contribution < 1.29 is 28.2 Å². The number of para-hydroxylation sites is 1. The number of esters is 1. The van der Waals surface area contributed by atoms with Crippen LogP contribution in [0.4, 0.5) is 0 Å². The minimum absolute atomic E-state index is 0.219. The number of hydrogen-bond donors (Lipinski definition) is 0. The number of carbonyl (C=O) groups is 1. The quantitative estimate of drug-likeness (QED) is 0.150. The van der Waals surface area contributed by atoms with E-state index >= 15 is 0 Å². The zero-order chi connectivity index (χ0) is 29.1. The summed E-state index contributed by atoms with van der Waals surface area (Å²) in [7, 11) is 2.87. The maximum Gasteiger partial charge on any atom is 0.346 e. The highest BCUT2D eigenvalue weighted by atomic mass is 79.9. The lowest BCUT2D eigenvalue weighted by Crippen LogP contribution is -2.25. The van der Waals surface area contributed by atoms with Gasteiger partial charge in [0.2, 0.25) is 5.82 Å². The molecule has 3 aromatic carbocycles. The number of benzene rings is 3. The Morgan fingerprint density at radius 3 is 2.63 bits per heavy atom. The van der Waals surface area contributed by atoms with Crippen LogP contribution < -0.4 is 19.8 Å². The summed E-state index contributed by atoms with van der Waals surface area (Å²) in [5.74, 6) is 1.41. The molecule has 5 aromatic rings. The van der Waals surface area contributed by atoms with Gasteiger partial charge in [0.05, 0.1) is 43.3 Å². The minimum atomic E-state index is -0.849. The van der Waals surface area contributed by atoms with Gasteiger partial charge in [-0.05, 0) is 72.2 Å². The molecule has 0 N–H and O–H groups in total. The van der Waals surface area contributed by atoms with Crippen LogP contribution in [0, 0.1) is 0 Å². The Hall–Kier alpha value is -4.64. The number of ether oxygens (including phenoxy) is 4. The number of halogens is 1. The molecule has 5 rings (SSSR count). The van der Waals surface area contributed by atoms with E-state index in [1.807, 2.05) is 31.2 Å². The first-order valence-corrected chi connectivity index (χ1v) is 13.5. The second-order valence-electron chi connectivity index (χ2n) is 8.83. The van der Waals surface area contributed by atoms with E-state index in [2.05, 4.69) is 21.0 Å². The lowest BCUT2D eigenvalue weighted by atomic mass is 10.2. The molecule has 0 aliphatic rings. The average Bonchev–Trinajstić information content (AvgIpc) is 3.42. The standard InChI is InChI=1S/C30H26BrN3O7/c1-5-39-25-13-18(21(31)15-26(25)40-17(2)30(36)38-4)16-32-34-28(33-22-10-7-6-9-19(22)29(34)35)27-14-20-23(37-3)11-8-12-24(20)41-27/h6-17H,5H2,1-4H3/t17-/m0/s1. The van der Waals surface area contributed by atoms with Crippen molar-refractivity contribution in [2.24, 2.45) is 5.10 Å². The summed E-state index contributed by atoms with van der Waals surface area (Å²) in [6, 6.07) is 17.6. The Kier molecular flexibility index (Phi) is 8.06. The van der Waals surface area contributed by atoms with E-state index in [1.165, 1.54) is 18.0 Å². The smallest absolute Gasteiger partial charge is 0.346 e. The Labute approximate surface area is 243 Å². The molecular weight excluding hydrogens is 594 g/mol. The number of carbonyl (C=O) groups excluding carboxylic acids is 1. The van der Waals surface area contributed by atoms with Gasteiger partial charge >= 0.3 is 5.97 Å². The SMILES string of the molecule is CCOc1cc(C=Nn2c(-c3cc4c(OC)cccc4o3)nc3ccccc3c2=O)c(Br)cc1O[C@@H](C)C(=O)OC. The molecule has 10 nitrogen and oxygen atoms in total. The molecule has 0 saturated carbocycles. The van der Waals surface area contributed by atoms with E-state index in [-0.39, 0.29) is 11.4 Å². The van der Waals surface area contributed by atoms with Crippen molar-refractivity contribution in [2.45, 2.75) is 20.0 Å². The third-order valence-corrected chi connectivity index (χ3v) is 6.91. The van der Waals surface area contributed by atoms with Crippen LogP contribution in [-0.4, -0.2) is 48.8 Å². The molecule has 0 aliphatic carbocycles.